The summed E-state index contributed by atoms with van der Waals surface area (Å²) >= 11 is 8.03. The zero-order chi connectivity index (χ0) is 12.6. The van der Waals surface area contributed by atoms with Gasteiger partial charge in [0.25, 0.3) is 5.91 Å². The third kappa shape index (κ3) is 2.73. The Balaban J connectivity index is 2.17. The highest BCUT2D eigenvalue weighted by Crippen LogP contribution is 2.21. The van der Waals surface area contributed by atoms with Crippen LogP contribution in [-0.2, 0) is 0 Å². The van der Waals surface area contributed by atoms with Gasteiger partial charge in [0.15, 0.2) is 0 Å². The second-order valence-corrected chi connectivity index (χ2v) is 5.54. The molecule has 1 saturated heterocycles. The first-order valence-corrected chi connectivity index (χ1v) is 6.55. The van der Waals surface area contributed by atoms with Crippen LogP contribution in [0.4, 0.5) is 0 Å². The van der Waals surface area contributed by atoms with Crippen LogP contribution < -0.4 is 0 Å². The van der Waals surface area contributed by atoms with E-state index in [2.05, 4.69) is 22.6 Å². The van der Waals surface area contributed by atoms with Crippen LogP contribution in [0.25, 0.3) is 0 Å². The van der Waals surface area contributed by atoms with Crippen LogP contribution in [0.5, 0.6) is 0 Å². The summed E-state index contributed by atoms with van der Waals surface area (Å²) in [5.41, 5.74) is 0.469. The van der Waals surface area contributed by atoms with Crippen molar-refractivity contribution in [3.63, 3.8) is 0 Å². The van der Waals surface area contributed by atoms with Crippen LogP contribution >= 0.6 is 34.2 Å². The van der Waals surface area contributed by atoms with Gasteiger partial charge in [0.05, 0.1) is 17.2 Å². The minimum absolute atomic E-state index is 0.156. The number of hydrogen-bond acceptors (Lipinski definition) is 3. The Bertz CT molecular complexity index is 444. The van der Waals surface area contributed by atoms with E-state index in [0.717, 1.165) is 3.57 Å². The van der Waals surface area contributed by atoms with Gasteiger partial charge < -0.3 is 15.1 Å². The largest absolute Gasteiger partial charge is 0.388 e. The summed E-state index contributed by atoms with van der Waals surface area (Å²) in [4.78, 5) is 13.5. The van der Waals surface area contributed by atoms with E-state index >= 15 is 0 Å². The third-order valence-electron chi connectivity index (χ3n) is 2.71. The maximum Gasteiger partial charge on any atom is 0.254 e. The smallest absolute Gasteiger partial charge is 0.254 e. The second kappa shape index (κ2) is 5.09. The number of carbonyl (C=O) groups excluding carboxylic acids is 1. The Morgan fingerprint density at radius 2 is 1.94 bits per heavy atom. The molecule has 2 unspecified atom stereocenters. The lowest BCUT2D eigenvalue weighted by molar-refractivity contribution is 0.0572. The average Bonchev–Trinajstić information content (AvgIpc) is 2.62. The summed E-state index contributed by atoms with van der Waals surface area (Å²) < 4.78 is 0.877. The zero-order valence-corrected chi connectivity index (χ0v) is 11.7. The van der Waals surface area contributed by atoms with Crippen molar-refractivity contribution in [2.45, 2.75) is 12.2 Å². The van der Waals surface area contributed by atoms with E-state index in [0.29, 0.717) is 10.6 Å². The zero-order valence-electron chi connectivity index (χ0n) is 8.81. The topological polar surface area (TPSA) is 60.8 Å². The molecule has 1 aliphatic rings. The van der Waals surface area contributed by atoms with Gasteiger partial charge >= 0.3 is 0 Å². The van der Waals surface area contributed by atoms with Crippen molar-refractivity contribution in [2.24, 2.45) is 0 Å². The first-order chi connectivity index (χ1) is 7.99. The molecule has 2 atom stereocenters. The van der Waals surface area contributed by atoms with E-state index < -0.39 is 12.2 Å². The number of benzene rings is 1. The van der Waals surface area contributed by atoms with Crippen molar-refractivity contribution in [1.82, 2.24) is 4.90 Å². The van der Waals surface area contributed by atoms with Crippen molar-refractivity contribution in [2.75, 3.05) is 13.1 Å². The van der Waals surface area contributed by atoms with Crippen molar-refractivity contribution in [3.05, 3.63) is 32.4 Å². The van der Waals surface area contributed by atoms with Gasteiger partial charge in [0.1, 0.15) is 0 Å². The first-order valence-electron chi connectivity index (χ1n) is 5.09. The van der Waals surface area contributed by atoms with Crippen LogP contribution in [0.15, 0.2) is 18.2 Å². The molecule has 1 aliphatic heterocycles. The molecule has 1 aromatic rings. The van der Waals surface area contributed by atoms with E-state index in [1.807, 2.05) is 0 Å². The Morgan fingerprint density at radius 3 is 2.47 bits per heavy atom. The van der Waals surface area contributed by atoms with E-state index in [4.69, 9.17) is 11.6 Å². The van der Waals surface area contributed by atoms with E-state index in [-0.39, 0.29) is 19.0 Å². The maximum atomic E-state index is 12.0. The summed E-state index contributed by atoms with van der Waals surface area (Å²) in [6, 6.07) is 5.05. The molecule has 1 aromatic carbocycles. The molecular weight excluding hydrogens is 356 g/mol. The highest BCUT2D eigenvalue weighted by molar-refractivity contribution is 14.1. The number of aliphatic hydroxyl groups is 2. The molecular formula is C11H11ClINO3. The molecule has 1 fully saturated rings. The highest BCUT2D eigenvalue weighted by atomic mass is 127. The predicted molar refractivity (Wildman–Crippen MR) is 72.1 cm³/mol. The number of rotatable bonds is 1. The van der Waals surface area contributed by atoms with Crippen LogP contribution in [0.3, 0.4) is 0 Å². The summed E-state index contributed by atoms with van der Waals surface area (Å²) in [6.07, 6.45) is -1.73. The molecule has 1 amide bonds. The number of halogens is 2. The van der Waals surface area contributed by atoms with E-state index in [1.165, 1.54) is 4.90 Å². The van der Waals surface area contributed by atoms with Gasteiger partial charge in [-0.25, -0.2) is 0 Å². The van der Waals surface area contributed by atoms with Crippen LogP contribution in [0.2, 0.25) is 5.02 Å². The van der Waals surface area contributed by atoms with Gasteiger partial charge in [-0.1, -0.05) is 11.6 Å². The molecule has 0 aromatic heterocycles. The number of amides is 1. The lowest BCUT2D eigenvalue weighted by atomic mass is 10.2. The Morgan fingerprint density at radius 1 is 1.35 bits per heavy atom. The Kier molecular flexibility index (Phi) is 3.92. The SMILES string of the molecule is O=C(c1ccc(I)c(Cl)c1)N1CC(O)C(O)C1. The molecule has 1 heterocycles. The van der Waals surface area contributed by atoms with Crippen molar-refractivity contribution in [3.8, 4) is 0 Å². The van der Waals surface area contributed by atoms with E-state index in [9.17, 15) is 15.0 Å². The molecule has 0 radical (unpaired) electrons. The molecule has 6 heteroatoms. The Labute approximate surface area is 117 Å². The highest BCUT2D eigenvalue weighted by Gasteiger charge is 2.32. The standard InChI is InChI=1S/C11H11ClINO3/c12-7-3-6(1-2-8(7)13)11(17)14-4-9(15)10(16)5-14/h1-3,9-10,15-16H,4-5H2. The molecule has 4 nitrogen and oxygen atoms in total. The number of nitrogens with zero attached hydrogens (tertiary/aromatic N) is 1. The van der Waals surface area contributed by atoms with Gasteiger partial charge in [-0.15, -0.1) is 0 Å². The molecule has 2 rings (SSSR count). The molecule has 17 heavy (non-hydrogen) atoms. The fraction of sp³-hybridized carbons (Fsp3) is 0.364. The van der Waals surface area contributed by atoms with E-state index in [1.54, 1.807) is 18.2 Å². The number of β-amino-alcohol motifs (C(OH)–C–C–N with tert-alkyl or cyclic N) is 2. The number of carbonyl (C=O) groups is 1. The first kappa shape index (κ1) is 13.1. The summed E-state index contributed by atoms with van der Waals surface area (Å²) in [7, 11) is 0. The lowest BCUT2D eigenvalue weighted by Gasteiger charge is -2.15. The fourth-order valence-electron chi connectivity index (χ4n) is 1.75. The van der Waals surface area contributed by atoms with Crippen molar-refractivity contribution in [1.29, 1.82) is 0 Å². The minimum atomic E-state index is -0.863. The van der Waals surface area contributed by atoms with Crippen molar-refractivity contribution < 1.29 is 15.0 Å². The van der Waals surface area contributed by atoms with Crippen LogP contribution in [0.1, 0.15) is 10.4 Å². The molecule has 92 valence electrons. The lowest BCUT2D eigenvalue weighted by Crippen LogP contribution is -2.29. The summed E-state index contributed by atoms with van der Waals surface area (Å²) in [5.74, 6) is -0.223. The maximum absolute atomic E-state index is 12.0. The predicted octanol–water partition coefficient (Wildman–Crippen LogP) is 1.12. The normalized spacial score (nSPS) is 24.1. The van der Waals surface area contributed by atoms with Crippen LogP contribution in [0, 0.1) is 3.57 Å². The third-order valence-corrected chi connectivity index (χ3v) is 4.29. The van der Waals surface area contributed by atoms with Gasteiger partial charge in [-0.2, -0.15) is 0 Å². The van der Waals surface area contributed by atoms with Gasteiger partial charge in [-0.3, -0.25) is 4.79 Å². The molecule has 0 spiro atoms. The number of hydrogen-bond donors (Lipinski definition) is 2. The quantitative estimate of drug-likeness (QED) is 0.732. The van der Waals surface area contributed by atoms with Gasteiger partial charge in [0.2, 0.25) is 0 Å². The fourth-order valence-corrected chi connectivity index (χ4v) is 2.26. The number of likely N-dealkylation sites (tertiary alicyclic amines) is 1. The molecule has 0 saturated carbocycles. The Hall–Kier alpha value is -0.370. The second-order valence-electron chi connectivity index (χ2n) is 3.97. The van der Waals surface area contributed by atoms with Gasteiger partial charge in [-0.05, 0) is 40.8 Å². The minimum Gasteiger partial charge on any atom is -0.388 e. The monoisotopic (exact) mass is 367 g/mol. The van der Waals surface area contributed by atoms with Crippen LogP contribution in [-0.4, -0.2) is 46.3 Å². The number of aliphatic hydroxyl groups excluding tert-OH is 2. The van der Waals surface area contributed by atoms with Crippen molar-refractivity contribution >= 4 is 40.1 Å². The molecule has 0 aliphatic carbocycles. The molecule has 0 bridgehead atoms. The van der Waals surface area contributed by atoms with Gasteiger partial charge in [0, 0.05) is 22.2 Å². The summed E-state index contributed by atoms with van der Waals surface area (Å²) in [6.45, 7) is 0.313. The summed E-state index contributed by atoms with van der Waals surface area (Å²) in [5, 5.41) is 19.3. The average molecular weight is 368 g/mol. The molecule has 2 N–H and O–H groups in total.